The Balaban J connectivity index is 1.65. The number of nitrogens with zero attached hydrogens (tertiary/aromatic N) is 3. The maximum absolute atomic E-state index is 13.2. The zero-order valence-electron chi connectivity index (χ0n) is 29.5. The summed E-state index contributed by atoms with van der Waals surface area (Å²) in [4.78, 5) is 32.8. The van der Waals surface area contributed by atoms with E-state index in [1.807, 2.05) is 75.4 Å². The number of piperidine rings is 1. The highest BCUT2D eigenvalue weighted by Crippen LogP contribution is 2.40. The molecule has 1 saturated heterocycles. The lowest BCUT2D eigenvalue weighted by atomic mass is 9.82. The number of carbonyl (C=O) groups is 2. The molecule has 3 aromatic rings. The van der Waals surface area contributed by atoms with Crippen LogP contribution in [0, 0.1) is 5.92 Å². The van der Waals surface area contributed by atoms with Crippen molar-refractivity contribution >= 4 is 20.4 Å². The van der Waals surface area contributed by atoms with Crippen LogP contribution >= 0.6 is 0 Å². The number of likely N-dealkylation sites (tertiary alicyclic amines) is 1. The van der Waals surface area contributed by atoms with Gasteiger partial charge in [0.15, 0.2) is 14.0 Å². The fourth-order valence-corrected chi connectivity index (χ4v) is 6.62. The first-order chi connectivity index (χ1) is 22.0. The summed E-state index contributed by atoms with van der Waals surface area (Å²) in [6, 6.07) is 17.0. The van der Waals surface area contributed by atoms with Crippen molar-refractivity contribution in [2.75, 3.05) is 32.6 Å². The maximum atomic E-state index is 13.2. The van der Waals surface area contributed by atoms with Crippen LogP contribution in [0.4, 0.5) is 4.79 Å². The molecule has 1 amide bonds. The summed E-state index contributed by atoms with van der Waals surface area (Å²) in [6.45, 7) is 18.4. The van der Waals surface area contributed by atoms with Gasteiger partial charge in [-0.15, -0.1) is 0 Å². The topological polar surface area (TPSA) is 118 Å². The number of imidazole rings is 1. The molecule has 1 aromatic heterocycles. The number of esters is 1. The average molecular weight is 665 g/mol. The summed E-state index contributed by atoms with van der Waals surface area (Å²) in [5, 5.41) is 0.0647. The number of aromatic nitrogens is 2. The van der Waals surface area contributed by atoms with Crippen molar-refractivity contribution in [3.05, 3.63) is 66.1 Å². The third kappa shape index (κ3) is 8.95. The number of ether oxygens (including phenoxy) is 3. The molecule has 11 heteroatoms. The molecule has 1 atom stereocenters. The number of amides is 1. The fraction of sp³-hybridized carbons (Fsp3) is 0.528. The molecule has 1 aliphatic rings. The van der Waals surface area contributed by atoms with Gasteiger partial charge in [-0.2, -0.15) is 0 Å². The van der Waals surface area contributed by atoms with E-state index < -0.39 is 19.9 Å². The predicted octanol–water partition coefficient (Wildman–Crippen LogP) is 7.99. The van der Waals surface area contributed by atoms with Crippen molar-refractivity contribution in [3.8, 4) is 22.8 Å². The van der Waals surface area contributed by atoms with E-state index in [4.69, 9.17) is 29.5 Å². The van der Waals surface area contributed by atoms with Gasteiger partial charge < -0.3 is 29.4 Å². The van der Waals surface area contributed by atoms with E-state index in [0.717, 1.165) is 18.6 Å². The number of hydrogen-bond acceptors (Lipinski definition) is 8. The Labute approximate surface area is 280 Å². The largest absolute Gasteiger partial charge is 0.464 e. The van der Waals surface area contributed by atoms with Crippen molar-refractivity contribution < 1.29 is 28.2 Å². The Morgan fingerprint density at radius 3 is 2.11 bits per heavy atom. The van der Waals surface area contributed by atoms with Crippen LogP contribution in [0.25, 0.3) is 11.3 Å². The molecule has 2 N–H and O–H groups in total. The molecule has 0 radical (unpaired) electrons. The van der Waals surface area contributed by atoms with Crippen molar-refractivity contribution in [3.63, 3.8) is 0 Å². The predicted molar refractivity (Wildman–Crippen MR) is 187 cm³/mol. The molecule has 0 spiro atoms. The van der Waals surface area contributed by atoms with Gasteiger partial charge >= 0.3 is 12.1 Å². The summed E-state index contributed by atoms with van der Waals surface area (Å²) in [5.41, 5.74) is 0.782. The number of hydrogen-bond donors (Lipinski definition) is 1. The zero-order chi connectivity index (χ0) is 34.6. The first kappa shape index (κ1) is 36.0. The highest BCUT2D eigenvalue weighted by atomic mass is 28.4. The second-order valence-electron chi connectivity index (χ2n) is 14.8. The van der Waals surface area contributed by atoms with E-state index in [9.17, 15) is 9.59 Å². The van der Waals surface area contributed by atoms with Gasteiger partial charge in [0.2, 0.25) is 0 Å². The van der Waals surface area contributed by atoms with E-state index in [0.29, 0.717) is 48.9 Å². The Morgan fingerprint density at radius 2 is 1.55 bits per heavy atom. The average Bonchev–Trinajstić information content (AvgIpc) is 3.35. The van der Waals surface area contributed by atoms with Crippen molar-refractivity contribution in [2.45, 2.75) is 90.5 Å². The second kappa shape index (κ2) is 14.5. The molecule has 47 heavy (non-hydrogen) atoms. The number of rotatable bonds is 10. The molecule has 1 fully saturated rings. The maximum Gasteiger partial charge on any atom is 0.410 e. The minimum absolute atomic E-state index is 0.0647. The van der Waals surface area contributed by atoms with Gasteiger partial charge in [-0.3, -0.25) is 0 Å². The molecule has 2 heterocycles. The first-order valence-corrected chi connectivity index (χ1v) is 19.3. The van der Waals surface area contributed by atoms with Crippen molar-refractivity contribution in [1.82, 2.24) is 14.6 Å². The molecular formula is C36H52N4O6Si. The van der Waals surface area contributed by atoms with E-state index in [-0.39, 0.29) is 28.7 Å². The van der Waals surface area contributed by atoms with Crippen LogP contribution < -0.4 is 10.6 Å². The van der Waals surface area contributed by atoms with Gasteiger partial charge in [0.1, 0.15) is 28.6 Å². The summed E-state index contributed by atoms with van der Waals surface area (Å²) in [6.07, 6.45) is 1.85. The lowest BCUT2D eigenvalue weighted by molar-refractivity contribution is 0.0168. The van der Waals surface area contributed by atoms with E-state index in [1.165, 1.54) is 11.8 Å². The third-order valence-corrected chi connectivity index (χ3v) is 13.8. The van der Waals surface area contributed by atoms with Crippen LogP contribution in [-0.4, -0.2) is 67.3 Å². The molecule has 0 aliphatic carbocycles. The third-order valence-electron chi connectivity index (χ3n) is 9.21. The number of benzene rings is 2. The minimum Gasteiger partial charge on any atom is -0.464 e. The van der Waals surface area contributed by atoms with Crippen LogP contribution in [0.3, 0.4) is 0 Å². The number of nitrogen functional groups attached to an aromatic ring is 1. The monoisotopic (exact) mass is 664 g/mol. The molecule has 10 nitrogen and oxygen atoms in total. The highest BCUT2D eigenvalue weighted by Gasteiger charge is 2.39. The Morgan fingerprint density at radius 1 is 0.957 bits per heavy atom. The van der Waals surface area contributed by atoms with Gasteiger partial charge in [-0.1, -0.05) is 39.0 Å². The van der Waals surface area contributed by atoms with Gasteiger partial charge in [0, 0.05) is 31.2 Å². The van der Waals surface area contributed by atoms with Gasteiger partial charge in [0.25, 0.3) is 0 Å². The summed E-state index contributed by atoms with van der Waals surface area (Å²) in [7, 11) is -0.674. The SMILES string of the molecule is COC(=O)c1c(-c2ccc(Oc3ccccc3)cc2)nc(C(CCO[Si](C)(C)C(C)(C)C)C2CCN(C(=O)OC(C)(C)C)CC2)n1N. The number of carbonyl (C=O) groups excluding carboxylic acids is 2. The van der Waals surface area contributed by atoms with Gasteiger partial charge in [-0.25, -0.2) is 19.2 Å². The minimum atomic E-state index is -2.01. The number of para-hydroxylation sites is 1. The summed E-state index contributed by atoms with van der Waals surface area (Å²) in [5.74, 6) is 8.19. The van der Waals surface area contributed by atoms with Crippen LogP contribution in [0.1, 0.15) is 83.0 Å². The van der Waals surface area contributed by atoms with Crippen LogP contribution in [-0.2, 0) is 13.9 Å². The van der Waals surface area contributed by atoms with Gasteiger partial charge in [0.05, 0.1) is 7.11 Å². The van der Waals surface area contributed by atoms with Crippen LogP contribution in [0.15, 0.2) is 54.6 Å². The van der Waals surface area contributed by atoms with E-state index in [2.05, 4.69) is 33.9 Å². The standard InChI is InChI=1S/C36H52N4O6Si/c1-35(2,3)46-34(42)39-22-19-25(20-23-39)29(21-24-44-47(8,9)36(4,5)6)32-38-30(31(40(32)37)33(41)43-7)26-15-17-28(18-16-26)45-27-13-11-10-12-14-27/h10-18,25,29H,19-24,37H2,1-9H3. The smallest absolute Gasteiger partial charge is 0.410 e. The lowest BCUT2D eigenvalue weighted by Gasteiger charge is -2.38. The van der Waals surface area contributed by atoms with Crippen molar-refractivity contribution in [2.24, 2.45) is 5.92 Å². The van der Waals surface area contributed by atoms with Crippen LogP contribution in [0.5, 0.6) is 11.5 Å². The van der Waals surface area contributed by atoms with Crippen molar-refractivity contribution in [1.29, 1.82) is 0 Å². The molecule has 4 rings (SSSR count). The lowest BCUT2D eigenvalue weighted by Crippen LogP contribution is -2.43. The Kier molecular flexibility index (Phi) is 11.1. The fourth-order valence-electron chi connectivity index (χ4n) is 5.55. The normalized spacial score (nSPS) is 15.3. The summed E-state index contributed by atoms with van der Waals surface area (Å²) < 4.78 is 24.8. The molecule has 0 bridgehead atoms. The quantitative estimate of drug-likeness (QED) is 0.132. The van der Waals surface area contributed by atoms with E-state index >= 15 is 0 Å². The molecule has 1 unspecified atom stereocenters. The number of nitrogens with two attached hydrogens (primary N) is 1. The summed E-state index contributed by atoms with van der Waals surface area (Å²) >= 11 is 0. The molecule has 256 valence electrons. The Hall–Kier alpha value is -3.83. The Bertz CT molecular complexity index is 1500. The van der Waals surface area contributed by atoms with Crippen LogP contribution in [0.2, 0.25) is 18.1 Å². The van der Waals surface area contributed by atoms with Gasteiger partial charge in [-0.05, 0) is 100 Å². The molecule has 1 aliphatic heterocycles. The molecule has 2 aromatic carbocycles. The molecular weight excluding hydrogens is 613 g/mol. The number of methoxy groups -OCH3 is 1. The first-order valence-electron chi connectivity index (χ1n) is 16.4. The highest BCUT2D eigenvalue weighted by molar-refractivity contribution is 6.74. The second-order valence-corrected chi connectivity index (χ2v) is 19.6. The zero-order valence-corrected chi connectivity index (χ0v) is 30.5. The molecule has 0 saturated carbocycles. The van der Waals surface area contributed by atoms with E-state index in [1.54, 1.807) is 4.90 Å².